The first kappa shape index (κ1) is 12.7. The van der Waals surface area contributed by atoms with Crippen LogP contribution >= 0.6 is 0 Å². The van der Waals surface area contributed by atoms with E-state index in [0.717, 1.165) is 12.8 Å². The highest BCUT2D eigenvalue weighted by Crippen LogP contribution is 2.32. The molecule has 1 saturated carbocycles. The quantitative estimate of drug-likeness (QED) is 0.779. The molecule has 88 valence electrons. The van der Waals surface area contributed by atoms with Crippen LogP contribution in [0.5, 0.6) is 0 Å². The number of Topliss-reactive ketones (excluding diaryl/α,β-unsaturated/α-hetero) is 1. The summed E-state index contributed by atoms with van der Waals surface area (Å²) in [5.41, 5.74) is -0.819. The van der Waals surface area contributed by atoms with Crippen LogP contribution in [0.4, 0.5) is 0 Å². The topological polar surface area (TPSA) is 46.5 Å². The highest BCUT2D eigenvalue weighted by atomic mass is 16.5. The van der Waals surface area contributed by atoms with Gasteiger partial charge in [0.2, 0.25) is 0 Å². The lowest BCUT2D eigenvalue weighted by Gasteiger charge is -2.34. The molecule has 0 spiro atoms. The predicted octanol–water partition coefficient (Wildman–Crippen LogP) is 2.07. The number of hydrogen-bond acceptors (Lipinski definition) is 3. The standard InChI is InChI=1S/C12H22O3/c1-11(2,15-3)8-9-12(14)6-4-10(13)5-7-12/h14H,4-9H2,1-3H3. The second-order valence-electron chi connectivity index (χ2n) is 5.23. The van der Waals surface area contributed by atoms with Crippen molar-refractivity contribution in [1.29, 1.82) is 0 Å². The molecule has 3 nitrogen and oxygen atoms in total. The molecule has 0 heterocycles. The number of aliphatic hydroxyl groups is 1. The van der Waals surface area contributed by atoms with Crippen molar-refractivity contribution < 1.29 is 14.6 Å². The molecule has 0 aromatic rings. The van der Waals surface area contributed by atoms with Crippen molar-refractivity contribution in [3.63, 3.8) is 0 Å². The summed E-state index contributed by atoms with van der Waals surface area (Å²) in [5.74, 6) is 0.283. The molecule has 0 aromatic carbocycles. The van der Waals surface area contributed by atoms with Gasteiger partial charge in [-0.05, 0) is 39.5 Å². The van der Waals surface area contributed by atoms with Gasteiger partial charge in [0, 0.05) is 20.0 Å². The molecular formula is C12H22O3. The maximum Gasteiger partial charge on any atom is 0.133 e. The van der Waals surface area contributed by atoms with Gasteiger partial charge in [0.1, 0.15) is 5.78 Å². The summed E-state index contributed by atoms with van der Waals surface area (Å²) in [6.07, 6.45) is 3.85. The lowest BCUT2D eigenvalue weighted by atomic mass is 9.79. The number of ketones is 1. The zero-order chi connectivity index (χ0) is 11.5. The molecule has 0 bridgehead atoms. The third kappa shape index (κ3) is 3.92. The fourth-order valence-corrected chi connectivity index (χ4v) is 1.88. The summed E-state index contributed by atoms with van der Waals surface area (Å²) in [4.78, 5) is 11.1. The van der Waals surface area contributed by atoms with Crippen LogP contribution in [0.2, 0.25) is 0 Å². The van der Waals surface area contributed by atoms with Crippen molar-refractivity contribution in [2.75, 3.05) is 7.11 Å². The zero-order valence-corrected chi connectivity index (χ0v) is 10.0. The molecule has 0 aromatic heterocycles. The molecule has 0 atom stereocenters. The largest absolute Gasteiger partial charge is 0.390 e. The molecule has 0 aliphatic heterocycles. The van der Waals surface area contributed by atoms with E-state index in [9.17, 15) is 9.90 Å². The number of methoxy groups -OCH3 is 1. The van der Waals surface area contributed by atoms with E-state index in [0.29, 0.717) is 25.7 Å². The van der Waals surface area contributed by atoms with Crippen molar-refractivity contribution >= 4 is 5.78 Å². The maximum atomic E-state index is 11.1. The molecule has 0 saturated heterocycles. The smallest absolute Gasteiger partial charge is 0.133 e. The molecule has 1 fully saturated rings. The van der Waals surface area contributed by atoms with Crippen LogP contribution in [0.1, 0.15) is 52.4 Å². The van der Waals surface area contributed by atoms with Gasteiger partial charge in [-0.15, -0.1) is 0 Å². The number of rotatable bonds is 4. The molecule has 1 N–H and O–H groups in total. The second kappa shape index (κ2) is 4.62. The summed E-state index contributed by atoms with van der Waals surface area (Å²) >= 11 is 0. The van der Waals surface area contributed by atoms with Crippen LogP contribution in [0.3, 0.4) is 0 Å². The van der Waals surface area contributed by atoms with Crippen LogP contribution in [-0.4, -0.2) is 29.2 Å². The minimum Gasteiger partial charge on any atom is -0.390 e. The lowest BCUT2D eigenvalue weighted by Crippen LogP contribution is -2.36. The summed E-state index contributed by atoms with van der Waals surface area (Å²) in [5, 5.41) is 10.2. The van der Waals surface area contributed by atoms with E-state index in [4.69, 9.17) is 4.74 Å². The van der Waals surface area contributed by atoms with Gasteiger partial charge in [0.15, 0.2) is 0 Å². The molecule has 1 rings (SSSR count). The summed E-state index contributed by atoms with van der Waals surface area (Å²) in [6, 6.07) is 0. The van der Waals surface area contributed by atoms with Gasteiger partial charge in [0.05, 0.1) is 11.2 Å². The van der Waals surface area contributed by atoms with Gasteiger partial charge in [-0.3, -0.25) is 4.79 Å². The average Bonchev–Trinajstić information content (AvgIpc) is 2.21. The van der Waals surface area contributed by atoms with Crippen molar-refractivity contribution in [1.82, 2.24) is 0 Å². The Kier molecular flexibility index (Phi) is 3.90. The van der Waals surface area contributed by atoms with E-state index in [2.05, 4.69) is 0 Å². The Hall–Kier alpha value is -0.410. The zero-order valence-electron chi connectivity index (χ0n) is 10.0. The van der Waals surface area contributed by atoms with Gasteiger partial charge in [-0.2, -0.15) is 0 Å². The average molecular weight is 214 g/mol. The van der Waals surface area contributed by atoms with Gasteiger partial charge in [0.25, 0.3) is 0 Å². The van der Waals surface area contributed by atoms with Crippen LogP contribution in [-0.2, 0) is 9.53 Å². The third-order valence-electron chi connectivity index (χ3n) is 3.48. The first-order valence-electron chi connectivity index (χ1n) is 5.66. The first-order valence-corrected chi connectivity index (χ1v) is 5.66. The Balaban J connectivity index is 2.40. The lowest BCUT2D eigenvalue weighted by molar-refractivity contribution is -0.126. The maximum absolute atomic E-state index is 11.1. The van der Waals surface area contributed by atoms with E-state index < -0.39 is 5.60 Å². The monoisotopic (exact) mass is 214 g/mol. The Morgan fingerprint density at radius 2 is 1.93 bits per heavy atom. The van der Waals surface area contributed by atoms with E-state index in [-0.39, 0.29) is 11.4 Å². The minimum absolute atomic E-state index is 0.183. The SMILES string of the molecule is COC(C)(C)CCC1(O)CCC(=O)CC1. The Morgan fingerprint density at radius 3 is 2.40 bits per heavy atom. The molecule has 1 aliphatic rings. The normalized spacial score (nSPS) is 21.7. The van der Waals surface area contributed by atoms with Crippen molar-refractivity contribution in [2.45, 2.75) is 63.6 Å². The fourth-order valence-electron chi connectivity index (χ4n) is 1.88. The molecule has 3 heteroatoms. The van der Waals surface area contributed by atoms with E-state index in [1.807, 2.05) is 13.8 Å². The van der Waals surface area contributed by atoms with Crippen LogP contribution in [0.25, 0.3) is 0 Å². The summed E-state index contributed by atoms with van der Waals surface area (Å²) in [7, 11) is 1.69. The Bertz CT molecular complexity index is 223. The van der Waals surface area contributed by atoms with Gasteiger partial charge >= 0.3 is 0 Å². The third-order valence-corrected chi connectivity index (χ3v) is 3.48. The van der Waals surface area contributed by atoms with Crippen molar-refractivity contribution in [3.05, 3.63) is 0 Å². The molecule has 1 aliphatic carbocycles. The summed E-state index contributed by atoms with van der Waals surface area (Å²) in [6.45, 7) is 4.04. The first-order chi connectivity index (χ1) is 6.87. The highest BCUT2D eigenvalue weighted by Gasteiger charge is 2.33. The fraction of sp³-hybridized carbons (Fsp3) is 0.917. The number of carbonyl (C=O) groups excluding carboxylic acids is 1. The predicted molar refractivity (Wildman–Crippen MR) is 58.7 cm³/mol. The van der Waals surface area contributed by atoms with Crippen LogP contribution in [0.15, 0.2) is 0 Å². The van der Waals surface area contributed by atoms with Crippen molar-refractivity contribution in [3.8, 4) is 0 Å². The second-order valence-corrected chi connectivity index (χ2v) is 5.23. The van der Waals surface area contributed by atoms with Gasteiger partial charge < -0.3 is 9.84 Å². The highest BCUT2D eigenvalue weighted by molar-refractivity contribution is 5.79. The van der Waals surface area contributed by atoms with Gasteiger partial charge in [-0.25, -0.2) is 0 Å². The van der Waals surface area contributed by atoms with E-state index >= 15 is 0 Å². The summed E-state index contributed by atoms with van der Waals surface area (Å²) < 4.78 is 5.32. The van der Waals surface area contributed by atoms with E-state index in [1.54, 1.807) is 7.11 Å². The van der Waals surface area contributed by atoms with E-state index in [1.165, 1.54) is 0 Å². The molecule has 0 radical (unpaired) electrons. The number of hydrogen-bond donors (Lipinski definition) is 1. The van der Waals surface area contributed by atoms with Crippen molar-refractivity contribution in [2.24, 2.45) is 0 Å². The molecule has 0 amide bonds. The van der Waals surface area contributed by atoms with Crippen LogP contribution < -0.4 is 0 Å². The Labute approximate surface area is 91.8 Å². The Morgan fingerprint density at radius 1 is 1.40 bits per heavy atom. The molecular weight excluding hydrogens is 192 g/mol. The van der Waals surface area contributed by atoms with Crippen LogP contribution in [0, 0.1) is 0 Å². The molecule has 0 unspecified atom stereocenters. The molecule has 15 heavy (non-hydrogen) atoms. The number of ether oxygens (including phenoxy) is 1. The number of carbonyl (C=O) groups is 1. The minimum atomic E-state index is -0.635. The van der Waals surface area contributed by atoms with Gasteiger partial charge in [-0.1, -0.05) is 0 Å².